The molecule has 2 N–H and O–H groups in total. The molecule has 1 unspecified atom stereocenters. The van der Waals surface area contributed by atoms with Crippen LogP contribution in [0.15, 0.2) is 35.3 Å². The van der Waals surface area contributed by atoms with Crippen molar-refractivity contribution in [1.29, 1.82) is 0 Å². The monoisotopic (exact) mass is 411 g/mol. The van der Waals surface area contributed by atoms with Crippen LogP contribution in [-0.2, 0) is 13.1 Å². The number of hydrogen-bond acceptors (Lipinski definition) is 5. The maximum Gasteiger partial charge on any atom is 0.263 e. The average Bonchev–Trinajstić information content (AvgIpc) is 3.00. The minimum atomic E-state index is -0.347. The van der Waals surface area contributed by atoms with Crippen LogP contribution in [0.5, 0.6) is 11.5 Å². The van der Waals surface area contributed by atoms with Gasteiger partial charge in [0.15, 0.2) is 11.5 Å². The maximum atomic E-state index is 13.0. The normalized spacial score (nSPS) is 18.5. The van der Waals surface area contributed by atoms with Gasteiger partial charge in [-0.2, -0.15) is 0 Å². The van der Waals surface area contributed by atoms with Crippen LogP contribution in [0.2, 0.25) is 0 Å². The Bertz CT molecular complexity index is 963. The lowest BCUT2D eigenvalue weighted by atomic mass is 9.99. The van der Waals surface area contributed by atoms with Gasteiger partial charge in [0.05, 0.1) is 13.2 Å². The molecule has 0 spiro atoms. The Morgan fingerprint density at radius 1 is 1.20 bits per heavy atom. The standard InChI is InChI=1S/C23H29N3O4/c1-16-7-9-26(15-18-4-2-8-24-13-18)23(28)21(16)22(27)25-14-17-5-6-19-20(12-17)30-11-3-10-29-19/h5-7,9,12,18,24H,2-4,8,10-11,13-15H2,1H3,(H,25,27). The molecule has 1 aromatic carbocycles. The summed E-state index contributed by atoms with van der Waals surface area (Å²) in [5.41, 5.74) is 1.58. The fourth-order valence-electron chi connectivity index (χ4n) is 4.03. The SMILES string of the molecule is Cc1ccn(CC2CCCNC2)c(=O)c1C(=O)NCc1ccc2c(c1)OCCCO2. The highest BCUT2D eigenvalue weighted by atomic mass is 16.5. The quantitative estimate of drug-likeness (QED) is 0.789. The number of aryl methyl sites for hydroxylation is 1. The number of piperidine rings is 1. The molecule has 2 aliphatic heterocycles. The Kier molecular flexibility index (Phi) is 6.38. The van der Waals surface area contributed by atoms with Gasteiger partial charge in [-0.25, -0.2) is 0 Å². The number of carbonyl (C=O) groups is 1. The van der Waals surface area contributed by atoms with Crippen molar-refractivity contribution in [2.45, 2.75) is 39.3 Å². The third-order valence-electron chi connectivity index (χ3n) is 5.72. The van der Waals surface area contributed by atoms with Crippen molar-refractivity contribution in [2.24, 2.45) is 5.92 Å². The molecule has 7 nitrogen and oxygen atoms in total. The molecule has 7 heteroatoms. The van der Waals surface area contributed by atoms with E-state index in [-0.39, 0.29) is 17.0 Å². The molecule has 4 rings (SSSR count). The summed E-state index contributed by atoms with van der Waals surface area (Å²) in [6, 6.07) is 7.49. The first-order valence-electron chi connectivity index (χ1n) is 10.7. The van der Waals surface area contributed by atoms with Gasteiger partial charge < -0.3 is 24.7 Å². The van der Waals surface area contributed by atoms with E-state index in [1.54, 1.807) is 17.7 Å². The molecular weight excluding hydrogens is 382 g/mol. The number of ether oxygens (including phenoxy) is 2. The zero-order valence-electron chi connectivity index (χ0n) is 17.4. The summed E-state index contributed by atoms with van der Waals surface area (Å²) in [5.74, 6) is 1.48. The predicted molar refractivity (Wildman–Crippen MR) is 114 cm³/mol. The van der Waals surface area contributed by atoms with Crippen LogP contribution in [0.1, 0.15) is 40.7 Å². The summed E-state index contributed by atoms with van der Waals surface area (Å²) in [4.78, 5) is 25.8. The second kappa shape index (κ2) is 9.34. The highest BCUT2D eigenvalue weighted by Gasteiger charge is 2.19. The second-order valence-corrected chi connectivity index (χ2v) is 8.06. The first kappa shape index (κ1) is 20.5. The van der Waals surface area contributed by atoms with Gasteiger partial charge in [0.2, 0.25) is 0 Å². The Hall–Kier alpha value is -2.80. The molecule has 1 fully saturated rings. The van der Waals surface area contributed by atoms with Crippen LogP contribution >= 0.6 is 0 Å². The number of amides is 1. The van der Waals surface area contributed by atoms with Crippen molar-refractivity contribution in [1.82, 2.24) is 15.2 Å². The van der Waals surface area contributed by atoms with E-state index in [2.05, 4.69) is 10.6 Å². The molecule has 30 heavy (non-hydrogen) atoms. The van der Waals surface area contributed by atoms with Crippen molar-refractivity contribution in [3.8, 4) is 11.5 Å². The molecule has 1 aromatic heterocycles. The smallest absolute Gasteiger partial charge is 0.263 e. The molecule has 1 saturated heterocycles. The van der Waals surface area contributed by atoms with Crippen LogP contribution in [0.25, 0.3) is 0 Å². The molecule has 0 saturated carbocycles. The molecule has 2 aromatic rings. The molecule has 0 radical (unpaired) electrons. The largest absolute Gasteiger partial charge is 0.490 e. The zero-order valence-corrected chi connectivity index (χ0v) is 17.4. The fraction of sp³-hybridized carbons (Fsp3) is 0.478. The Morgan fingerprint density at radius 2 is 2.03 bits per heavy atom. The van der Waals surface area contributed by atoms with Gasteiger partial charge >= 0.3 is 0 Å². The van der Waals surface area contributed by atoms with Crippen molar-refractivity contribution >= 4 is 5.91 Å². The third-order valence-corrected chi connectivity index (χ3v) is 5.72. The lowest BCUT2D eigenvalue weighted by Gasteiger charge is -2.23. The number of nitrogens with zero attached hydrogens (tertiary/aromatic N) is 1. The topological polar surface area (TPSA) is 81.6 Å². The Labute approximate surface area is 176 Å². The maximum absolute atomic E-state index is 13.0. The summed E-state index contributed by atoms with van der Waals surface area (Å²) in [6.07, 6.45) is 4.86. The first-order chi connectivity index (χ1) is 14.6. The minimum absolute atomic E-state index is 0.218. The lowest BCUT2D eigenvalue weighted by Crippen LogP contribution is -2.37. The summed E-state index contributed by atoms with van der Waals surface area (Å²) < 4.78 is 13.0. The first-order valence-corrected chi connectivity index (χ1v) is 10.7. The number of nitrogens with one attached hydrogen (secondary N) is 2. The van der Waals surface area contributed by atoms with Crippen LogP contribution < -0.4 is 25.7 Å². The van der Waals surface area contributed by atoms with E-state index in [4.69, 9.17) is 9.47 Å². The van der Waals surface area contributed by atoms with Gasteiger partial charge in [0.1, 0.15) is 5.56 Å². The van der Waals surface area contributed by atoms with E-state index in [9.17, 15) is 9.59 Å². The summed E-state index contributed by atoms with van der Waals surface area (Å²) in [6.45, 7) is 5.95. The number of hydrogen-bond donors (Lipinski definition) is 2. The predicted octanol–water partition coefficient (Wildman–Crippen LogP) is 2.25. The molecule has 0 aliphatic carbocycles. The highest BCUT2D eigenvalue weighted by molar-refractivity contribution is 5.95. The van der Waals surface area contributed by atoms with E-state index in [0.717, 1.165) is 43.7 Å². The second-order valence-electron chi connectivity index (χ2n) is 8.06. The van der Waals surface area contributed by atoms with E-state index in [0.29, 0.717) is 43.5 Å². The molecule has 0 bridgehead atoms. The molecular formula is C23H29N3O4. The number of rotatable bonds is 5. The zero-order chi connectivity index (χ0) is 20.9. The number of pyridine rings is 1. The molecule has 3 heterocycles. The van der Waals surface area contributed by atoms with Gasteiger partial charge in [-0.1, -0.05) is 6.07 Å². The van der Waals surface area contributed by atoms with Crippen molar-refractivity contribution in [3.63, 3.8) is 0 Å². The van der Waals surface area contributed by atoms with E-state index in [1.165, 1.54) is 0 Å². The third kappa shape index (κ3) is 4.67. The van der Waals surface area contributed by atoms with Crippen LogP contribution in [0, 0.1) is 12.8 Å². The Balaban J connectivity index is 1.46. The van der Waals surface area contributed by atoms with E-state index >= 15 is 0 Å². The number of benzene rings is 1. The van der Waals surface area contributed by atoms with Crippen LogP contribution in [0.3, 0.4) is 0 Å². The number of aromatic nitrogens is 1. The number of fused-ring (bicyclic) bond motifs is 1. The minimum Gasteiger partial charge on any atom is -0.490 e. The summed E-state index contributed by atoms with van der Waals surface area (Å²) in [7, 11) is 0. The van der Waals surface area contributed by atoms with Crippen molar-refractivity contribution < 1.29 is 14.3 Å². The van der Waals surface area contributed by atoms with Gasteiger partial charge in [0.25, 0.3) is 11.5 Å². The van der Waals surface area contributed by atoms with Crippen molar-refractivity contribution in [2.75, 3.05) is 26.3 Å². The molecule has 1 amide bonds. The summed E-state index contributed by atoms with van der Waals surface area (Å²) >= 11 is 0. The number of carbonyl (C=O) groups excluding carboxylic acids is 1. The molecule has 2 aliphatic rings. The molecule has 160 valence electrons. The van der Waals surface area contributed by atoms with Crippen LogP contribution in [-0.4, -0.2) is 36.8 Å². The van der Waals surface area contributed by atoms with Gasteiger partial charge in [0, 0.05) is 25.7 Å². The van der Waals surface area contributed by atoms with Gasteiger partial charge in [-0.15, -0.1) is 0 Å². The lowest BCUT2D eigenvalue weighted by molar-refractivity contribution is 0.0948. The Morgan fingerprint density at radius 3 is 2.83 bits per heavy atom. The van der Waals surface area contributed by atoms with E-state index in [1.807, 2.05) is 24.3 Å². The van der Waals surface area contributed by atoms with Crippen LogP contribution in [0.4, 0.5) is 0 Å². The highest BCUT2D eigenvalue weighted by Crippen LogP contribution is 2.30. The van der Waals surface area contributed by atoms with Gasteiger partial charge in [-0.05, 0) is 68.1 Å². The van der Waals surface area contributed by atoms with Crippen molar-refractivity contribution in [3.05, 3.63) is 57.5 Å². The van der Waals surface area contributed by atoms with E-state index < -0.39 is 0 Å². The van der Waals surface area contributed by atoms with Gasteiger partial charge in [-0.3, -0.25) is 9.59 Å². The summed E-state index contributed by atoms with van der Waals surface area (Å²) in [5, 5.41) is 6.26. The fourth-order valence-corrected chi connectivity index (χ4v) is 4.03. The average molecular weight is 412 g/mol. The molecule has 1 atom stereocenters.